The fourth-order valence-corrected chi connectivity index (χ4v) is 2.69. The van der Waals surface area contributed by atoms with Gasteiger partial charge in [-0.05, 0) is 31.5 Å². The molecule has 1 aromatic rings. The van der Waals surface area contributed by atoms with Crippen LogP contribution in [0.1, 0.15) is 18.4 Å². The molecule has 0 amide bonds. The number of benzene rings is 1. The van der Waals surface area contributed by atoms with Gasteiger partial charge in [-0.3, -0.25) is 0 Å². The second-order valence-electron chi connectivity index (χ2n) is 4.25. The van der Waals surface area contributed by atoms with Crippen LogP contribution in [0.3, 0.4) is 0 Å². The van der Waals surface area contributed by atoms with Crippen molar-refractivity contribution in [2.45, 2.75) is 18.8 Å². The molecule has 1 unspecified atom stereocenters. The first-order chi connectivity index (χ1) is 7.59. The molecule has 1 aliphatic heterocycles. The van der Waals surface area contributed by atoms with Crippen LogP contribution in [-0.4, -0.2) is 13.1 Å². The van der Waals surface area contributed by atoms with E-state index in [4.69, 9.17) is 0 Å². The van der Waals surface area contributed by atoms with Crippen LogP contribution in [0, 0.1) is 5.92 Å². The summed E-state index contributed by atoms with van der Waals surface area (Å²) in [4.78, 5) is 0. The average Bonchev–Trinajstić information content (AvgIpc) is 2.70. The number of rotatable bonds is 3. The van der Waals surface area contributed by atoms with E-state index in [9.17, 15) is 8.78 Å². The third-order valence-electron chi connectivity index (χ3n) is 2.98. The van der Waals surface area contributed by atoms with Gasteiger partial charge in [0, 0.05) is 16.5 Å². The molecule has 1 aliphatic rings. The van der Waals surface area contributed by atoms with Crippen LogP contribution in [0.25, 0.3) is 0 Å². The van der Waals surface area contributed by atoms with Gasteiger partial charge in [0.25, 0.3) is 5.92 Å². The summed E-state index contributed by atoms with van der Waals surface area (Å²) in [5.41, 5.74) is 0.0990. The van der Waals surface area contributed by atoms with E-state index in [0.29, 0.717) is 11.0 Å². The molecule has 1 N–H and O–H groups in total. The largest absolute Gasteiger partial charge is 0.316 e. The predicted molar refractivity (Wildman–Crippen MR) is 63.6 cm³/mol. The van der Waals surface area contributed by atoms with Crippen LogP contribution in [0.15, 0.2) is 28.7 Å². The molecule has 1 saturated heterocycles. The van der Waals surface area contributed by atoms with Crippen molar-refractivity contribution in [3.8, 4) is 0 Å². The summed E-state index contributed by atoms with van der Waals surface area (Å²) in [7, 11) is 0. The number of hydrogen-bond acceptors (Lipinski definition) is 1. The summed E-state index contributed by atoms with van der Waals surface area (Å²) in [6, 6.07) is 6.56. The molecular weight excluding hydrogens is 276 g/mol. The lowest BCUT2D eigenvalue weighted by Gasteiger charge is -2.21. The van der Waals surface area contributed by atoms with Crippen LogP contribution in [-0.2, 0) is 5.92 Å². The van der Waals surface area contributed by atoms with Gasteiger partial charge in [-0.15, -0.1) is 0 Å². The first kappa shape index (κ1) is 12.0. The summed E-state index contributed by atoms with van der Waals surface area (Å²) in [5.74, 6) is -2.65. The van der Waals surface area contributed by atoms with E-state index in [0.717, 1.165) is 13.0 Å². The maximum atomic E-state index is 14.0. The van der Waals surface area contributed by atoms with E-state index in [2.05, 4.69) is 21.2 Å². The van der Waals surface area contributed by atoms with Crippen LogP contribution >= 0.6 is 15.9 Å². The minimum atomic E-state index is -2.74. The van der Waals surface area contributed by atoms with Gasteiger partial charge in [0.05, 0.1) is 0 Å². The Labute approximate surface area is 102 Å². The van der Waals surface area contributed by atoms with Crippen molar-refractivity contribution in [1.29, 1.82) is 0 Å². The molecule has 2 rings (SSSR count). The fraction of sp³-hybridized carbons (Fsp3) is 0.500. The van der Waals surface area contributed by atoms with Crippen LogP contribution in [0.4, 0.5) is 8.78 Å². The predicted octanol–water partition coefficient (Wildman–Crippen LogP) is 3.54. The Morgan fingerprint density at radius 1 is 1.38 bits per heavy atom. The topological polar surface area (TPSA) is 12.0 Å². The molecule has 1 aromatic carbocycles. The number of hydrogen-bond donors (Lipinski definition) is 1. The van der Waals surface area contributed by atoms with Crippen molar-refractivity contribution in [3.05, 3.63) is 34.3 Å². The molecule has 0 aliphatic carbocycles. The average molecular weight is 290 g/mol. The van der Waals surface area contributed by atoms with E-state index in [1.165, 1.54) is 6.07 Å². The molecular formula is C12H14BrF2N. The fourth-order valence-electron chi connectivity index (χ4n) is 2.12. The smallest absolute Gasteiger partial charge is 0.274 e. The molecule has 1 nitrogen and oxygen atoms in total. The first-order valence-electron chi connectivity index (χ1n) is 5.43. The van der Waals surface area contributed by atoms with E-state index in [1.807, 2.05) is 0 Å². The molecule has 1 fully saturated rings. The zero-order valence-electron chi connectivity index (χ0n) is 8.85. The first-order valence-corrected chi connectivity index (χ1v) is 6.22. The molecule has 1 heterocycles. The Hall–Kier alpha value is -0.480. The molecule has 88 valence electrons. The zero-order valence-corrected chi connectivity index (χ0v) is 10.4. The quantitative estimate of drug-likeness (QED) is 0.898. The monoisotopic (exact) mass is 289 g/mol. The number of alkyl halides is 2. The van der Waals surface area contributed by atoms with Crippen molar-refractivity contribution >= 4 is 15.9 Å². The lowest BCUT2D eigenvalue weighted by molar-refractivity contribution is -0.0275. The Morgan fingerprint density at radius 2 is 2.12 bits per heavy atom. The Bertz CT molecular complexity index is 362. The van der Waals surface area contributed by atoms with Crippen LogP contribution < -0.4 is 5.32 Å². The third-order valence-corrected chi connectivity index (χ3v) is 3.67. The molecule has 0 saturated carbocycles. The zero-order chi connectivity index (χ0) is 11.6. The summed E-state index contributed by atoms with van der Waals surface area (Å²) in [5, 5.41) is 3.12. The van der Waals surface area contributed by atoms with Crippen LogP contribution in [0.5, 0.6) is 0 Å². The van der Waals surface area contributed by atoms with E-state index in [1.54, 1.807) is 18.2 Å². The van der Waals surface area contributed by atoms with Gasteiger partial charge < -0.3 is 5.32 Å². The normalized spacial score (nSPS) is 21.3. The molecule has 16 heavy (non-hydrogen) atoms. The number of nitrogens with one attached hydrogen (secondary N) is 1. The number of halogens is 3. The van der Waals surface area contributed by atoms with Gasteiger partial charge in [-0.1, -0.05) is 34.1 Å². The molecule has 0 bridgehead atoms. The van der Waals surface area contributed by atoms with Gasteiger partial charge in [0.15, 0.2) is 0 Å². The van der Waals surface area contributed by atoms with Crippen molar-refractivity contribution in [1.82, 2.24) is 5.32 Å². The molecule has 1 atom stereocenters. The van der Waals surface area contributed by atoms with Crippen molar-refractivity contribution in [2.75, 3.05) is 13.1 Å². The Balaban J connectivity index is 2.14. The summed E-state index contributed by atoms with van der Waals surface area (Å²) >= 11 is 3.19. The highest BCUT2D eigenvalue weighted by molar-refractivity contribution is 9.10. The minimum absolute atomic E-state index is 0.0669. The van der Waals surface area contributed by atoms with Gasteiger partial charge in [0.2, 0.25) is 0 Å². The lowest BCUT2D eigenvalue weighted by atomic mass is 9.95. The second kappa shape index (κ2) is 4.80. The highest BCUT2D eigenvalue weighted by atomic mass is 79.9. The SMILES string of the molecule is FC(F)(CC1CCNC1)c1ccccc1Br. The molecule has 0 spiro atoms. The van der Waals surface area contributed by atoms with Gasteiger partial charge in [0.1, 0.15) is 0 Å². The summed E-state index contributed by atoms with van der Waals surface area (Å²) in [6.07, 6.45) is 0.780. The summed E-state index contributed by atoms with van der Waals surface area (Å²) in [6.45, 7) is 1.57. The van der Waals surface area contributed by atoms with Crippen molar-refractivity contribution in [2.24, 2.45) is 5.92 Å². The maximum Gasteiger partial charge on any atom is 0.274 e. The molecule has 0 radical (unpaired) electrons. The van der Waals surface area contributed by atoms with E-state index >= 15 is 0 Å². The van der Waals surface area contributed by atoms with E-state index in [-0.39, 0.29) is 17.9 Å². The summed E-state index contributed by atoms with van der Waals surface area (Å²) < 4.78 is 28.5. The Morgan fingerprint density at radius 3 is 2.75 bits per heavy atom. The van der Waals surface area contributed by atoms with Crippen molar-refractivity contribution < 1.29 is 8.78 Å². The highest BCUT2D eigenvalue weighted by Crippen LogP contribution is 2.39. The minimum Gasteiger partial charge on any atom is -0.316 e. The standard InChI is InChI=1S/C12H14BrF2N/c13-11-4-2-1-3-10(11)12(14,15)7-9-5-6-16-8-9/h1-4,9,16H,5-8H2. The van der Waals surface area contributed by atoms with Gasteiger partial charge >= 0.3 is 0 Å². The van der Waals surface area contributed by atoms with E-state index < -0.39 is 5.92 Å². The third kappa shape index (κ3) is 2.61. The molecule has 0 aromatic heterocycles. The van der Waals surface area contributed by atoms with Gasteiger partial charge in [-0.25, -0.2) is 8.78 Å². The van der Waals surface area contributed by atoms with Crippen LogP contribution in [0.2, 0.25) is 0 Å². The second-order valence-corrected chi connectivity index (χ2v) is 5.10. The highest BCUT2D eigenvalue weighted by Gasteiger charge is 2.36. The molecule has 4 heteroatoms. The Kier molecular flexibility index (Phi) is 3.60. The maximum absolute atomic E-state index is 14.0. The van der Waals surface area contributed by atoms with Gasteiger partial charge in [-0.2, -0.15) is 0 Å². The van der Waals surface area contributed by atoms with Crippen molar-refractivity contribution in [3.63, 3.8) is 0 Å². The lowest BCUT2D eigenvalue weighted by Crippen LogP contribution is -2.20.